The Hall–Kier alpha value is -1.14. The second-order valence-corrected chi connectivity index (χ2v) is 3.32. The van der Waals surface area contributed by atoms with Crippen molar-refractivity contribution in [3.8, 4) is 0 Å². The second kappa shape index (κ2) is 3.93. The molecule has 2 saturated heterocycles. The lowest BCUT2D eigenvalue weighted by Crippen LogP contribution is -2.44. The van der Waals surface area contributed by atoms with Crippen LogP contribution in [-0.4, -0.2) is 48.2 Å². The van der Waals surface area contributed by atoms with Gasteiger partial charge in [-0.3, -0.25) is 0 Å². The first-order valence-electron chi connectivity index (χ1n) is 4.70. The Morgan fingerprint density at radius 3 is 1.36 bits per heavy atom. The predicted octanol–water partition coefficient (Wildman–Crippen LogP) is -0.686. The van der Waals surface area contributed by atoms with Crippen LogP contribution in [0.3, 0.4) is 0 Å². The summed E-state index contributed by atoms with van der Waals surface area (Å²) in [6, 6.07) is 0. The third-order valence-corrected chi connectivity index (χ3v) is 2.22. The smallest absolute Gasteiger partial charge is 0.359 e. The molecule has 0 aromatic heterocycles. The first-order chi connectivity index (χ1) is 6.75. The quantitative estimate of drug-likeness (QED) is 0.550. The van der Waals surface area contributed by atoms with Gasteiger partial charge in [0.05, 0.1) is 0 Å². The molecule has 0 bridgehead atoms. The van der Waals surface area contributed by atoms with Gasteiger partial charge < -0.3 is 9.68 Å². The van der Waals surface area contributed by atoms with Gasteiger partial charge in [0.1, 0.15) is 0 Å². The Kier molecular flexibility index (Phi) is 2.64. The average Bonchev–Trinajstić information content (AvgIpc) is 2.03. The fourth-order valence-electron chi connectivity index (χ4n) is 1.07. The maximum absolute atomic E-state index is 11.1. The minimum atomic E-state index is -0.934. The van der Waals surface area contributed by atoms with Gasteiger partial charge in [-0.2, -0.15) is 0 Å². The molecule has 2 aliphatic rings. The minimum absolute atomic E-state index is 0.697. The van der Waals surface area contributed by atoms with E-state index in [1.807, 2.05) is 0 Å². The Morgan fingerprint density at radius 2 is 1.14 bits per heavy atom. The van der Waals surface area contributed by atoms with E-state index in [4.69, 9.17) is 9.68 Å². The van der Waals surface area contributed by atoms with E-state index in [0.29, 0.717) is 26.2 Å². The zero-order valence-corrected chi connectivity index (χ0v) is 7.77. The van der Waals surface area contributed by atoms with E-state index in [9.17, 15) is 9.59 Å². The number of rotatable bonds is 2. The first kappa shape index (κ1) is 9.42. The number of hydrogen-bond acceptors (Lipinski definition) is 6. The third-order valence-electron chi connectivity index (χ3n) is 2.22. The molecule has 2 aliphatic heterocycles. The summed E-state index contributed by atoms with van der Waals surface area (Å²) in [4.78, 5) is 31.5. The Bertz CT molecular complexity index is 222. The molecule has 0 amide bonds. The summed E-state index contributed by atoms with van der Waals surface area (Å²) in [5.41, 5.74) is 0. The molecule has 2 rings (SSSR count). The van der Waals surface area contributed by atoms with Crippen molar-refractivity contribution in [1.82, 2.24) is 10.1 Å². The molecule has 6 nitrogen and oxygen atoms in total. The molecule has 0 atom stereocenters. The number of hydrogen-bond donors (Lipinski definition) is 0. The van der Waals surface area contributed by atoms with Gasteiger partial charge in [0.15, 0.2) is 0 Å². The SMILES string of the molecule is O=C(ON1CCC1)C(=O)ON1CCC1. The van der Waals surface area contributed by atoms with Crippen LogP contribution >= 0.6 is 0 Å². The van der Waals surface area contributed by atoms with Crippen molar-refractivity contribution in [3.63, 3.8) is 0 Å². The zero-order valence-electron chi connectivity index (χ0n) is 7.77. The zero-order chi connectivity index (χ0) is 9.97. The standard InChI is InChI=1S/C8H12N2O4/c11-7(13-9-3-1-4-9)8(12)14-10-5-2-6-10/h1-6H2. The maximum Gasteiger partial charge on any atom is 0.438 e. The van der Waals surface area contributed by atoms with Crippen molar-refractivity contribution >= 4 is 11.9 Å². The molecular weight excluding hydrogens is 188 g/mol. The lowest BCUT2D eigenvalue weighted by Gasteiger charge is -2.30. The molecule has 2 fully saturated rings. The van der Waals surface area contributed by atoms with E-state index in [0.717, 1.165) is 12.8 Å². The van der Waals surface area contributed by atoms with Crippen molar-refractivity contribution in [2.24, 2.45) is 0 Å². The number of nitrogens with zero attached hydrogens (tertiary/aromatic N) is 2. The van der Waals surface area contributed by atoms with Gasteiger partial charge in [-0.1, -0.05) is 0 Å². The van der Waals surface area contributed by atoms with Crippen molar-refractivity contribution in [1.29, 1.82) is 0 Å². The van der Waals surface area contributed by atoms with E-state index in [-0.39, 0.29) is 0 Å². The van der Waals surface area contributed by atoms with E-state index >= 15 is 0 Å². The predicted molar refractivity (Wildman–Crippen MR) is 44.6 cm³/mol. The van der Waals surface area contributed by atoms with Crippen molar-refractivity contribution in [2.75, 3.05) is 26.2 Å². The molecule has 0 aromatic carbocycles. The molecule has 0 saturated carbocycles. The maximum atomic E-state index is 11.1. The van der Waals surface area contributed by atoms with E-state index in [1.54, 1.807) is 0 Å². The Balaban J connectivity index is 1.69. The fourth-order valence-corrected chi connectivity index (χ4v) is 1.07. The first-order valence-corrected chi connectivity index (χ1v) is 4.70. The van der Waals surface area contributed by atoms with Gasteiger partial charge in [-0.15, -0.1) is 10.1 Å². The van der Waals surface area contributed by atoms with Gasteiger partial charge in [-0.25, -0.2) is 9.59 Å². The van der Waals surface area contributed by atoms with Crippen LogP contribution in [0.2, 0.25) is 0 Å². The van der Waals surface area contributed by atoms with Crippen LogP contribution in [0, 0.1) is 0 Å². The van der Waals surface area contributed by atoms with E-state index in [1.165, 1.54) is 10.1 Å². The normalized spacial score (nSPS) is 22.0. The van der Waals surface area contributed by atoms with Crippen molar-refractivity contribution < 1.29 is 19.3 Å². The summed E-state index contributed by atoms with van der Waals surface area (Å²) >= 11 is 0. The third kappa shape index (κ3) is 2.02. The number of hydroxylamine groups is 4. The second-order valence-electron chi connectivity index (χ2n) is 3.32. The average molecular weight is 200 g/mol. The highest BCUT2D eigenvalue weighted by atomic mass is 16.8. The largest absolute Gasteiger partial charge is 0.438 e. The molecule has 0 N–H and O–H groups in total. The topological polar surface area (TPSA) is 59.1 Å². The van der Waals surface area contributed by atoms with Crippen LogP contribution in [0.1, 0.15) is 12.8 Å². The van der Waals surface area contributed by atoms with E-state index < -0.39 is 11.9 Å². The van der Waals surface area contributed by atoms with Gasteiger partial charge in [0.25, 0.3) is 0 Å². The number of carbonyl (C=O) groups is 2. The molecule has 0 unspecified atom stereocenters. The van der Waals surface area contributed by atoms with Crippen LogP contribution in [0.25, 0.3) is 0 Å². The van der Waals surface area contributed by atoms with E-state index in [2.05, 4.69) is 0 Å². The molecule has 0 aliphatic carbocycles. The lowest BCUT2D eigenvalue weighted by atomic mass is 10.3. The van der Waals surface area contributed by atoms with Gasteiger partial charge in [0, 0.05) is 26.2 Å². The molecule has 6 heteroatoms. The molecule has 0 radical (unpaired) electrons. The molecule has 2 heterocycles. The van der Waals surface area contributed by atoms with Gasteiger partial charge in [0.2, 0.25) is 0 Å². The molecule has 0 spiro atoms. The Labute approximate surface area is 81.3 Å². The summed E-state index contributed by atoms with van der Waals surface area (Å²) in [6.07, 6.45) is 1.99. The molecular formula is C8H12N2O4. The Morgan fingerprint density at radius 1 is 0.786 bits per heavy atom. The van der Waals surface area contributed by atoms with Crippen LogP contribution in [-0.2, 0) is 19.3 Å². The summed E-state index contributed by atoms with van der Waals surface area (Å²) in [7, 11) is 0. The monoisotopic (exact) mass is 200 g/mol. The number of carbonyl (C=O) groups excluding carboxylic acids is 2. The molecule has 78 valence electrons. The van der Waals surface area contributed by atoms with Crippen LogP contribution < -0.4 is 0 Å². The van der Waals surface area contributed by atoms with Gasteiger partial charge >= 0.3 is 11.9 Å². The van der Waals surface area contributed by atoms with Crippen molar-refractivity contribution in [3.05, 3.63) is 0 Å². The molecule has 0 aromatic rings. The lowest BCUT2D eigenvalue weighted by molar-refractivity contribution is -0.233. The highest BCUT2D eigenvalue weighted by molar-refractivity contribution is 6.29. The van der Waals surface area contributed by atoms with Crippen LogP contribution in [0.15, 0.2) is 0 Å². The van der Waals surface area contributed by atoms with Crippen LogP contribution in [0.5, 0.6) is 0 Å². The summed E-state index contributed by atoms with van der Waals surface area (Å²) < 4.78 is 0. The fraction of sp³-hybridized carbons (Fsp3) is 0.750. The summed E-state index contributed by atoms with van der Waals surface area (Å²) in [5, 5.41) is 2.89. The minimum Gasteiger partial charge on any atom is -0.359 e. The molecule has 14 heavy (non-hydrogen) atoms. The van der Waals surface area contributed by atoms with Crippen LogP contribution in [0.4, 0.5) is 0 Å². The highest BCUT2D eigenvalue weighted by Crippen LogP contribution is 2.09. The highest BCUT2D eigenvalue weighted by Gasteiger charge is 2.28. The summed E-state index contributed by atoms with van der Waals surface area (Å²) in [6.45, 7) is 2.79. The van der Waals surface area contributed by atoms with Crippen molar-refractivity contribution in [2.45, 2.75) is 12.8 Å². The van der Waals surface area contributed by atoms with Gasteiger partial charge in [-0.05, 0) is 12.8 Å². The summed E-state index contributed by atoms with van der Waals surface area (Å²) in [5.74, 6) is -1.87.